The molecular weight excluding hydrogens is 110 g/mol. The van der Waals surface area contributed by atoms with Crippen LogP contribution in [-0.2, 0) is 14.4 Å². The van der Waals surface area contributed by atoms with E-state index < -0.39 is 6.10 Å². The highest BCUT2D eigenvalue weighted by Crippen LogP contribution is 2.06. The summed E-state index contributed by atoms with van der Waals surface area (Å²) in [6, 6.07) is 0. The molecular formula is C4H7NO3. The van der Waals surface area contributed by atoms with Crippen LogP contribution in [0.5, 0.6) is 0 Å². The fraction of sp³-hybridized carbons (Fsp3) is 0.750. The fourth-order valence-corrected chi connectivity index (χ4v) is 0.601. The first kappa shape index (κ1) is 5.53. The summed E-state index contributed by atoms with van der Waals surface area (Å²) in [5.74, 6) is 4.37. The van der Waals surface area contributed by atoms with Gasteiger partial charge in [-0.15, -0.1) is 0 Å². The molecule has 0 saturated carbocycles. The van der Waals surface area contributed by atoms with E-state index in [2.05, 4.69) is 9.57 Å². The molecule has 1 rings (SSSR count). The summed E-state index contributed by atoms with van der Waals surface area (Å²) in [6.45, 7) is 0.431. The van der Waals surface area contributed by atoms with Crippen molar-refractivity contribution < 1.29 is 14.4 Å². The number of nitrogens with two attached hydrogens (primary N) is 1. The van der Waals surface area contributed by atoms with Crippen molar-refractivity contribution in [3.05, 3.63) is 0 Å². The molecule has 0 radical (unpaired) electrons. The number of ether oxygens (including phenoxy) is 1. The molecule has 1 saturated heterocycles. The largest absolute Gasteiger partial charge is 0.464 e. The molecule has 1 fully saturated rings. The van der Waals surface area contributed by atoms with Crippen molar-refractivity contribution in [2.45, 2.75) is 12.5 Å². The second-order valence-corrected chi connectivity index (χ2v) is 1.58. The molecule has 1 heterocycles. The first-order valence-corrected chi connectivity index (χ1v) is 2.37. The van der Waals surface area contributed by atoms with Crippen molar-refractivity contribution in [2.24, 2.45) is 5.90 Å². The van der Waals surface area contributed by atoms with Crippen LogP contribution in [0.1, 0.15) is 6.42 Å². The van der Waals surface area contributed by atoms with Gasteiger partial charge >= 0.3 is 5.97 Å². The average Bonchev–Trinajstić information content (AvgIpc) is 2.14. The molecule has 46 valence electrons. The molecule has 1 unspecified atom stereocenters. The number of hydrogen-bond donors (Lipinski definition) is 1. The van der Waals surface area contributed by atoms with Gasteiger partial charge < -0.3 is 4.74 Å². The van der Waals surface area contributed by atoms with E-state index in [1.807, 2.05) is 0 Å². The lowest BCUT2D eigenvalue weighted by Crippen LogP contribution is -2.21. The lowest BCUT2D eigenvalue weighted by atomic mass is 10.3. The molecule has 4 nitrogen and oxygen atoms in total. The van der Waals surface area contributed by atoms with Gasteiger partial charge in [0.2, 0.25) is 0 Å². The predicted molar refractivity (Wildman–Crippen MR) is 24.6 cm³/mol. The molecule has 4 heteroatoms. The Balaban J connectivity index is 2.42. The molecule has 8 heavy (non-hydrogen) atoms. The fourth-order valence-electron chi connectivity index (χ4n) is 0.601. The Labute approximate surface area is 46.5 Å². The summed E-state index contributed by atoms with van der Waals surface area (Å²) in [4.78, 5) is 14.6. The third-order valence-corrected chi connectivity index (χ3v) is 1.05. The number of hydrogen-bond acceptors (Lipinski definition) is 4. The SMILES string of the molecule is NOC1CCOC1=O. The van der Waals surface area contributed by atoms with Crippen LogP contribution in [0.3, 0.4) is 0 Å². The van der Waals surface area contributed by atoms with Crippen LogP contribution < -0.4 is 5.90 Å². The lowest BCUT2D eigenvalue weighted by molar-refractivity contribution is -0.147. The highest BCUT2D eigenvalue weighted by Gasteiger charge is 2.26. The monoisotopic (exact) mass is 117 g/mol. The normalized spacial score (nSPS) is 28.1. The molecule has 0 spiro atoms. The number of cyclic esters (lactones) is 1. The summed E-state index contributed by atoms with van der Waals surface area (Å²) in [5, 5.41) is 0. The summed E-state index contributed by atoms with van der Waals surface area (Å²) in [7, 11) is 0. The minimum atomic E-state index is -0.519. The summed E-state index contributed by atoms with van der Waals surface area (Å²) in [5.41, 5.74) is 0. The molecule has 0 amide bonds. The Morgan fingerprint density at radius 1 is 1.88 bits per heavy atom. The molecule has 1 aliphatic rings. The third kappa shape index (κ3) is 0.801. The van der Waals surface area contributed by atoms with Crippen LogP contribution >= 0.6 is 0 Å². The van der Waals surface area contributed by atoms with Crippen molar-refractivity contribution in [1.29, 1.82) is 0 Å². The zero-order valence-electron chi connectivity index (χ0n) is 4.29. The predicted octanol–water partition coefficient (Wildman–Crippen LogP) is -0.808. The number of carbonyl (C=O) groups excluding carboxylic acids is 1. The molecule has 0 aromatic carbocycles. The molecule has 1 aliphatic heterocycles. The first-order valence-electron chi connectivity index (χ1n) is 2.37. The van der Waals surface area contributed by atoms with Crippen molar-refractivity contribution >= 4 is 5.97 Å². The number of esters is 1. The van der Waals surface area contributed by atoms with Gasteiger partial charge in [-0.3, -0.25) is 4.84 Å². The number of carbonyl (C=O) groups is 1. The van der Waals surface area contributed by atoms with Gasteiger partial charge in [0.05, 0.1) is 6.61 Å². The molecule has 1 atom stereocenters. The highest BCUT2D eigenvalue weighted by molar-refractivity contribution is 5.76. The van der Waals surface area contributed by atoms with E-state index in [-0.39, 0.29) is 5.97 Å². The Morgan fingerprint density at radius 3 is 2.88 bits per heavy atom. The van der Waals surface area contributed by atoms with Gasteiger partial charge in [-0.2, -0.15) is 0 Å². The topological polar surface area (TPSA) is 61.6 Å². The van der Waals surface area contributed by atoms with Gasteiger partial charge in [0.25, 0.3) is 0 Å². The minimum Gasteiger partial charge on any atom is -0.464 e. The molecule has 0 aliphatic carbocycles. The van der Waals surface area contributed by atoms with Gasteiger partial charge in [0.15, 0.2) is 6.10 Å². The van der Waals surface area contributed by atoms with Crippen molar-refractivity contribution in [1.82, 2.24) is 0 Å². The van der Waals surface area contributed by atoms with Crippen molar-refractivity contribution in [2.75, 3.05) is 6.61 Å². The van der Waals surface area contributed by atoms with E-state index in [4.69, 9.17) is 5.90 Å². The van der Waals surface area contributed by atoms with Crippen LogP contribution in [0.4, 0.5) is 0 Å². The second kappa shape index (κ2) is 2.11. The van der Waals surface area contributed by atoms with E-state index >= 15 is 0 Å². The van der Waals surface area contributed by atoms with Gasteiger partial charge in [0.1, 0.15) is 0 Å². The van der Waals surface area contributed by atoms with Gasteiger partial charge in [-0.1, -0.05) is 0 Å². The van der Waals surface area contributed by atoms with Crippen LogP contribution in [0.25, 0.3) is 0 Å². The molecule has 0 aromatic heterocycles. The second-order valence-electron chi connectivity index (χ2n) is 1.58. The Kier molecular flexibility index (Phi) is 1.45. The van der Waals surface area contributed by atoms with E-state index in [0.717, 1.165) is 0 Å². The molecule has 0 aromatic rings. The van der Waals surface area contributed by atoms with Crippen LogP contribution in [-0.4, -0.2) is 18.7 Å². The third-order valence-electron chi connectivity index (χ3n) is 1.05. The van der Waals surface area contributed by atoms with Gasteiger partial charge in [0, 0.05) is 6.42 Å². The zero-order chi connectivity index (χ0) is 5.98. The van der Waals surface area contributed by atoms with E-state index in [9.17, 15) is 4.79 Å². The Morgan fingerprint density at radius 2 is 2.62 bits per heavy atom. The van der Waals surface area contributed by atoms with E-state index in [1.54, 1.807) is 0 Å². The summed E-state index contributed by atoms with van der Waals surface area (Å²) in [6.07, 6.45) is 0.0602. The first-order chi connectivity index (χ1) is 3.84. The maximum absolute atomic E-state index is 10.4. The lowest BCUT2D eigenvalue weighted by Gasteiger charge is -1.97. The number of rotatable bonds is 1. The van der Waals surface area contributed by atoms with Crippen LogP contribution in [0, 0.1) is 0 Å². The van der Waals surface area contributed by atoms with Crippen LogP contribution in [0.15, 0.2) is 0 Å². The smallest absolute Gasteiger partial charge is 0.337 e. The van der Waals surface area contributed by atoms with E-state index in [0.29, 0.717) is 13.0 Å². The highest BCUT2D eigenvalue weighted by atomic mass is 16.7. The quantitative estimate of drug-likeness (QED) is 0.360. The zero-order valence-corrected chi connectivity index (χ0v) is 4.29. The average molecular weight is 117 g/mol. The summed E-state index contributed by atoms with van der Waals surface area (Å²) >= 11 is 0. The minimum absolute atomic E-state index is 0.354. The Hall–Kier alpha value is -0.610. The van der Waals surface area contributed by atoms with Crippen molar-refractivity contribution in [3.8, 4) is 0 Å². The van der Waals surface area contributed by atoms with E-state index in [1.165, 1.54) is 0 Å². The summed E-state index contributed by atoms with van der Waals surface area (Å²) < 4.78 is 4.51. The van der Waals surface area contributed by atoms with Gasteiger partial charge in [-0.05, 0) is 0 Å². The molecule has 2 N–H and O–H groups in total. The van der Waals surface area contributed by atoms with Crippen molar-refractivity contribution in [3.63, 3.8) is 0 Å². The Bertz CT molecular complexity index is 103. The molecule has 0 bridgehead atoms. The maximum Gasteiger partial charge on any atom is 0.337 e. The van der Waals surface area contributed by atoms with Gasteiger partial charge in [-0.25, -0.2) is 10.7 Å². The standard InChI is InChI=1S/C4H7NO3/c5-8-3-1-2-7-4(3)6/h3H,1-2,5H2. The maximum atomic E-state index is 10.4. The van der Waals surface area contributed by atoms with Crippen LogP contribution in [0.2, 0.25) is 0 Å².